The van der Waals surface area contributed by atoms with E-state index >= 15 is 0 Å². The molecule has 1 saturated heterocycles. The Morgan fingerprint density at radius 3 is 2.83 bits per heavy atom. The number of amides is 1. The smallest absolute Gasteiger partial charge is 0.270 e. The van der Waals surface area contributed by atoms with Crippen LogP contribution in [0.1, 0.15) is 22.5 Å². The molecule has 2 heterocycles. The highest BCUT2D eigenvalue weighted by atomic mass is 32.2. The predicted octanol–water partition coefficient (Wildman–Crippen LogP) is 0.0868. The van der Waals surface area contributed by atoms with Crippen LogP contribution in [0.2, 0.25) is 0 Å². The largest absolute Gasteiger partial charge is 0.357 e. The van der Waals surface area contributed by atoms with Crippen molar-refractivity contribution in [1.82, 2.24) is 14.6 Å². The molecule has 1 aliphatic rings. The first-order chi connectivity index (χ1) is 8.45. The summed E-state index contributed by atoms with van der Waals surface area (Å²) in [5, 5.41) is -0.512. The number of H-pyrrole nitrogens is 1. The lowest BCUT2D eigenvalue weighted by molar-refractivity contribution is 0.0787. The number of aryl methyl sites for hydroxylation is 1. The molecule has 100 valence electrons. The summed E-state index contributed by atoms with van der Waals surface area (Å²) in [4.78, 5) is 16.6. The van der Waals surface area contributed by atoms with Gasteiger partial charge in [0.05, 0.1) is 5.25 Å². The molecule has 1 aliphatic heterocycles. The zero-order valence-corrected chi connectivity index (χ0v) is 11.3. The first-order valence-electron chi connectivity index (χ1n) is 5.81. The molecule has 0 bridgehead atoms. The van der Waals surface area contributed by atoms with Gasteiger partial charge in [0, 0.05) is 19.3 Å². The van der Waals surface area contributed by atoms with Gasteiger partial charge in [-0.05, 0) is 32.0 Å². The Morgan fingerprint density at radius 2 is 2.28 bits per heavy atom. The number of nitrogens with one attached hydrogen (secondary N) is 2. The fourth-order valence-electron chi connectivity index (χ4n) is 2.17. The molecule has 1 atom stereocenters. The molecule has 18 heavy (non-hydrogen) atoms. The molecule has 0 radical (unpaired) electrons. The maximum atomic E-state index is 12.2. The number of aromatic amines is 1. The lowest BCUT2D eigenvalue weighted by Gasteiger charge is -2.16. The van der Waals surface area contributed by atoms with E-state index in [9.17, 15) is 13.2 Å². The molecule has 6 nitrogen and oxygen atoms in total. The minimum absolute atomic E-state index is 0.133. The summed E-state index contributed by atoms with van der Waals surface area (Å²) in [6.07, 6.45) is 2.19. The molecule has 0 spiro atoms. The predicted molar refractivity (Wildman–Crippen MR) is 67.8 cm³/mol. The molecule has 2 N–H and O–H groups in total. The van der Waals surface area contributed by atoms with Crippen molar-refractivity contribution >= 4 is 15.9 Å². The van der Waals surface area contributed by atoms with Crippen LogP contribution < -0.4 is 4.72 Å². The van der Waals surface area contributed by atoms with Gasteiger partial charge in [0.25, 0.3) is 5.91 Å². The molecule has 0 saturated carbocycles. The van der Waals surface area contributed by atoms with Crippen LogP contribution >= 0.6 is 0 Å². The van der Waals surface area contributed by atoms with Crippen LogP contribution in [-0.2, 0) is 10.0 Å². The van der Waals surface area contributed by atoms with Gasteiger partial charge >= 0.3 is 0 Å². The Morgan fingerprint density at radius 1 is 1.56 bits per heavy atom. The number of aromatic nitrogens is 1. The maximum absolute atomic E-state index is 12.2. The van der Waals surface area contributed by atoms with E-state index in [0.717, 1.165) is 5.56 Å². The molecule has 0 aromatic carbocycles. The Kier molecular flexibility index (Phi) is 3.45. The number of rotatable bonds is 3. The zero-order valence-electron chi connectivity index (χ0n) is 10.4. The SMILES string of the molecule is CNS(=O)(=O)C1CCN(C(=O)c2[nH]ccc2C)C1. The second-order valence-electron chi connectivity index (χ2n) is 4.45. The molecule has 1 unspecified atom stereocenters. The van der Waals surface area contributed by atoms with Crippen molar-refractivity contribution < 1.29 is 13.2 Å². The van der Waals surface area contributed by atoms with Crippen molar-refractivity contribution in [1.29, 1.82) is 0 Å². The lowest BCUT2D eigenvalue weighted by atomic mass is 10.2. The topological polar surface area (TPSA) is 82.3 Å². The van der Waals surface area contributed by atoms with Gasteiger partial charge < -0.3 is 9.88 Å². The lowest BCUT2D eigenvalue weighted by Crippen LogP contribution is -2.36. The highest BCUT2D eigenvalue weighted by molar-refractivity contribution is 7.90. The van der Waals surface area contributed by atoms with Gasteiger partial charge in [-0.2, -0.15) is 0 Å². The maximum Gasteiger partial charge on any atom is 0.270 e. The zero-order chi connectivity index (χ0) is 13.3. The summed E-state index contributed by atoms with van der Waals surface area (Å²) in [5.41, 5.74) is 1.41. The number of carbonyl (C=O) groups excluding carboxylic acids is 1. The van der Waals surface area contributed by atoms with E-state index in [1.807, 2.05) is 13.0 Å². The van der Waals surface area contributed by atoms with Crippen molar-refractivity contribution in [2.24, 2.45) is 0 Å². The third kappa shape index (κ3) is 2.28. The summed E-state index contributed by atoms with van der Waals surface area (Å²) in [6.45, 7) is 2.57. The summed E-state index contributed by atoms with van der Waals surface area (Å²) in [7, 11) is -1.90. The minimum atomic E-state index is -3.30. The van der Waals surface area contributed by atoms with E-state index in [-0.39, 0.29) is 12.5 Å². The highest BCUT2D eigenvalue weighted by Crippen LogP contribution is 2.19. The number of carbonyl (C=O) groups is 1. The van der Waals surface area contributed by atoms with Gasteiger partial charge in [0.2, 0.25) is 10.0 Å². The van der Waals surface area contributed by atoms with E-state index in [4.69, 9.17) is 0 Å². The quantitative estimate of drug-likeness (QED) is 0.817. The summed E-state index contributed by atoms with van der Waals surface area (Å²) in [6, 6.07) is 1.82. The molecule has 1 fully saturated rings. The van der Waals surface area contributed by atoms with Crippen LogP contribution in [0.4, 0.5) is 0 Å². The van der Waals surface area contributed by atoms with Crippen molar-refractivity contribution in [3.05, 3.63) is 23.5 Å². The monoisotopic (exact) mass is 271 g/mol. The van der Waals surface area contributed by atoms with Gasteiger partial charge in [-0.1, -0.05) is 0 Å². The number of nitrogens with zero attached hydrogens (tertiary/aromatic N) is 1. The third-order valence-electron chi connectivity index (χ3n) is 3.32. The van der Waals surface area contributed by atoms with E-state index in [0.29, 0.717) is 18.7 Å². The molecule has 1 amide bonds. The van der Waals surface area contributed by atoms with Gasteiger partial charge in [0.15, 0.2) is 0 Å². The van der Waals surface area contributed by atoms with E-state index < -0.39 is 15.3 Å². The Labute approximate surface area is 106 Å². The minimum Gasteiger partial charge on any atom is -0.357 e. The van der Waals surface area contributed by atoms with E-state index in [2.05, 4.69) is 9.71 Å². The fourth-order valence-corrected chi connectivity index (χ4v) is 3.29. The Balaban J connectivity index is 2.11. The molecular weight excluding hydrogens is 254 g/mol. The first kappa shape index (κ1) is 13.1. The van der Waals surface area contributed by atoms with Crippen molar-refractivity contribution in [3.63, 3.8) is 0 Å². The molecule has 0 aliphatic carbocycles. The summed E-state index contributed by atoms with van der Waals surface area (Å²) >= 11 is 0. The van der Waals surface area contributed by atoms with Crippen LogP contribution in [0.5, 0.6) is 0 Å². The first-order valence-corrected chi connectivity index (χ1v) is 7.36. The van der Waals surface area contributed by atoms with Crippen LogP contribution in [0.25, 0.3) is 0 Å². The summed E-state index contributed by atoms with van der Waals surface area (Å²) < 4.78 is 25.6. The number of hydrogen-bond acceptors (Lipinski definition) is 3. The van der Waals surface area contributed by atoms with Crippen molar-refractivity contribution in [3.8, 4) is 0 Å². The molecule has 2 rings (SSSR count). The Hall–Kier alpha value is -1.34. The van der Waals surface area contributed by atoms with E-state index in [1.165, 1.54) is 7.05 Å². The fraction of sp³-hybridized carbons (Fsp3) is 0.545. The van der Waals surface area contributed by atoms with Crippen molar-refractivity contribution in [2.45, 2.75) is 18.6 Å². The molecule has 1 aromatic rings. The second-order valence-corrected chi connectivity index (χ2v) is 6.61. The van der Waals surface area contributed by atoms with Gasteiger partial charge in [-0.3, -0.25) is 4.79 Å². The number of likely N-dealkylation sites (tertiary alicyclic amines) is 1. The normalized spacial score (nSPS) is 20.3. The van der Waals surface area contributed by atoms with Gasteiger partial charge in [0.1, 0.15) is 5.69 Å². The van der Waals surface area contributed by atoms with Crippen LogP contribution in [0, 0.1) is 6.92 Å². The highest BCUT2D eigenvalue weighted by Gasteiger charge is 2.35. The van der Waals surface area contributed by atoms with Crippen LogP contribution in [0.3, 0.4) is 0 Å². The molecule has 7 heteroatoms. The number of sulfonamides is 1. The standard InChI is InChI=1S/C11H17N3O3S/c1-8-3-5-13-10(8)11(15)14-6-4-9(7-14)18(16,17)12-2/h3,5,9,12-13H,4,6-7H2,1-2H3. The average molecular weight is 271 g/mol. The van der Waals surface area contributed by atoms with Crippen LogP contribution in [-0.4, -0.2) is 49.6 Å². The van der Waals surface area contributed by atoms with Crippen LogP contribution in [0.15, 0.2) is 12.3 Å². The second kappa shape index (κ2) is 4.74. The molecule has 1 aromatic heterocycles. The van der Waals surface area contributed by atoms with E-state index in [1.54, 1.807) is 11.1 Å². The Bertz CT molecular complexity index is 550. The van der Waals surface area contributed by atoms with Gasteiger partial charge in [-0.15, -0.1) is 0 Å². The average Bonchev–Trinajstić information content (AvgIpc) is 2.96. The molecular formula is C11H17N3O3S. The number of hydrogen-bond donors (Lipinski definition) is 2. The van der Waals surface area contributed by atoms with Gasteiger partial charge in [-0.25, -0.2) is 13.1 Å². The third-order valence-corrected chi connectivity index (χ3v) is 5.16. The van der Waals surface area contributed by atoms with Crippen molar-refractivity contribution in [2.75, 3.05) is 20.1 Å². The summed E-state index contributed by atoms with van der Waals surface area (Å²) in [5.74, 6) is -0.133.